The largest absolute Gasteiger partial charge is 0.353 e. The SMILES string of the molecule is Cc1ncc(-c2cc3c(-c4cc5c(-c6ccccc6F)nccc5[nH]4)n[nH]c3cn2)n1C. The Morgan fingerprint density at radius 1 is 0.906 bits per heavy atom. The van der Waals surface area contributed by atoms with Crippen molar-refractivity contribution in [3.8, 4) is 34.0 Å². The van der Waals surface area contributed by atoms with Gasteiger partial charge in [0.1, 0.15) is 17.3 Å². The lowest BCUT2D eigenvalue weighted by Crippen LogP contribution is -1.95. The van der Waals surface area contributed by atoms with Crippen LogP contribution >= 0.6 is 0 Å². The van der Waals surface area contributed by atoms with Crippen LogP contribution in [0.3, 0.4) is 0 Å². The van der Waals surface area contributed by atoms with Gasteiger partial charge in [0.05, 0.1) is 40.7 Å². The monoisotopic (exact) mass is 423 g/mol. The Morgan fingerprint density at radius 2 is 1.75 bits per heavy atom. The Balaban J connectivity index is 1.53. The molecule has 6 rings (SSSR count). The van der Waals surface area contributed by atoms with Gasteiger partial charge in [0.15, 0.2) is 0 Å². The predicted molar refractivity (Wildman–Crippen MR) is 121 cm³/mol. The van der Waals surface area contributed by atoms with E-state index < -0.39 is 0 Å². The van der Waals surface area contributed by atoms with Crippen molar-refractivity contribution in [3.63, 3.8) is 0 Å². The quantitative estimate of drug-likeness (QED) is 0.419. The third-order valence-corrected chi connectivity index (χ3v) is 5.86. The molecule has 156 valence electrons. The van der Waals surface area contributed by atoms with Crippen LogP contribution in [0.5, 0.6) is 0 Å². The number of pyridine rings is 2. The van der Waals surface area contributed by atoms with E-state index in [1.165, 1.54) is 6.07 Å². The number of aromatic nitrogens is 7. The van der Waals surface area contributed by atoms with Crippen molar-refractivity contribution in [3.05, 3.63) is 72.7 Å². The number of rotatable bonds is 3. The van der Waals surface area contributed by atoms with Gasteiger partial charge in [-0.2, -0.15) is 5.10 Å². The number of H-pyrrole nitrogens is 2. The lowest BCUT2D eigenvalue weighted by atomic mass is 10.1. The highest BCUT2D eigenvalue weighted by Gasteiger charge is 2.17. The van der Waals surface area contributed by atoms with Crippen molar-refractivity contribution in [2.24, 2.45) is 7.05 Å². The Morgan fingerprint density at radius 3 is 2.56 bits per heavy atom. The van der Waals surface area contributed by atoms with E-state index in [1.54, 1.807) is 24.5 Å². The number of imidazole rings is 1. The fourth-order valence-electron chi connectivity index (χ4n) is 4.05. The van der Waals surface area contributed by atoms with E-state index in [1.807, 2.05) is 49.0 Å². The molecule has 8 heteroatoms. The second-order valence-electron chi connectivity index (χ2n) is 7.72. The number of halogens is 1. The van der Waals surface area contributed by atoms with Gasteiger partial charge in [0.2, 0.25) is 0 Å². The molecule has 1 aromatic carbocycles. The van der Waals surface area contributed by atoms with Gasteiger partial charge in [-0.15, -0.1) is 0 Å². The zero-order chi connectivity index (χ0) is 21.8. The summed E-state index contributed by atoms with van der Waals surface area (Å²) in [4.78, 5) is 16.8. The van der Waals surface area contributed by atoms with Gasteiger partial charge < -0.3 is 9.55 Å². The molecule has 6 aromatic rings. The van der Waals surface area contributed by atoms with E-state index in [2.05, 4.69) is 30.1 Å². The summed E-state index contributed by atoms with van der Waals surface area (Å²) >= 11 is 0. The van der Waals surface area contributed by atoms with Gasteiger partial charge in [0, 0.05) is 35.1 Å². The molecular formula is C24H18FN7. The molecule has 5 aromatic heterocycles. The fraction of sp³-hybridized carbons (Fsp3) is 0.0833. The number of benzene rings is 1. The van der Waals surface area contributed by atoms with Gasteiger partial charge in [-0.3, -0.25) is 15.1 Å². The molecule has 0 amide bonds. The van der Waals surface area contributed by atoms with Crippen LogP contribution in [0.1, 0.15) is 5.82 Å². The van der Waals surface area contributed by atoms with Crippen molar-refractivity contribution < 1.29 is 4.39 Å². The first kappa shape index (κ1) is 18.4. The summed E-state index contributed by atoms with van der Waals surface area (Å²) in [6.07, 6.45) is 5.27. The van der Waals surface area contributed by atoms with Crippen molar-refractivity contribution in [2.75, 3.05) is 0 Å². The maximum atomic E-state index is 14.5. The molecule has 0 radical (unpaired) electrons. The molecule has 0 spiro atoms. The van der Waals surface area contributed by atoms with E-state index in [-0.39, 0.29) is 5.82 Å². The first-order valence-corrected chi connectivity index (χ1v) is 10.2. The zero-order valence-electron chi connectivity index (χ0n) is 17.4. The molecule has 0 saturated heterocycles. The molecule has 0 atom stereocenters. The smallest absolute Gasteiger partial charge is 0.132 e. The molecule has 0 aliphatic carbocycles. The second kappa shape index (κ2) is 6.84. The first-order chi connectivity index (χ1) is 15.6. The maximum absolute atomic E-state index is 14.5. The highest BCUT2D eigenvalue weighted by molar-refractivity contribution is 6.00. The average Bonchev–Trinajstić information content (AvgIpc) is 3.50. The Hall–Kier alpha value is -4.33. The van der Waals surface area contributed by atoms with Crippen molar-refractivity contribution in [1.82, 2.24) is 34.7 Å². The second-order valence-corrected chi connectivity index (χ2v) is 7.72. The lowest BCUT2D eigenvalue weighted by Gasteiger charge is -2.03. The van der Waals surface area contributed by atoms with Crippen LogP contribution in [0.25, 0.3) is 55.8 Å². The number of fused-ring (bicyclic) bond motifs is 2. The van der Waals surface area contributed by atoms with Crippen molar-refractivity contribution >= 4 is 21.8 Å². The Bertz CT molecular complexity index is 1620. The summed E-state index contributed by atoms with van der Waals surface area (Å²) in [6.45, 7) is 1.96. The van der Waals surface area contributed by atoms with Crippen molar-refractivity contribution in [1.29, 1.82) is 0 Å². The molecule has 0 aliphatic rings. The molecule has 32 heavy (non-hydrogen) atoms. The number of nitrogens with one attached hydrogen (secondary N) is 2. The van der Waals surface area contributed by atoms with E-state index in [0.29, 0.717) is 11.3 Å². The molecule has 5 heterocycles. The third kappa shape index (κ3) is 2.73. The number of hydrogen-bond donors (Lipinski definition) is 2. The van der Waals surface area contributed by atoms with E-state index in [9.17, 15) is 4.39 Å². The summed E-state index contributed by atoms with van der Waals surface area (Å²) in [5.74, 6) is 0.612. The minimum Gasteiger partial charge on any atom is -0.353 e. The highest BCUT2D eigenvalue weighted by Crippen LogP contribution is 2.34. The molecule has 0 bridgehead atoms. The fourth-order valence-corrected chi connectivity index (χ4v) is 4.05. The van der Waals surface area contributed by atoms with Crippen molar-refractivity contribution in [2.45, 2.75) is 6.92 Å². The Kier molecular flexibility index (Phi) is 3.94. The van der Waals surface area contributed by atoms with Crippen LogP contribution < -0.4 is 0 Å². The van der Waals surface area contributed by atoms with Gasteiger partial charge >= 0.3 is 0 Å². The predicted octanol–water partition coefficient (Wildman–Crippen LogP) is 5.02. The summed E-state index contributed by atoms with van der Waals surface area (Å²) in [5, 5.41) is 9.35. The average molecular weight is 423 g/mol. The van der Waals surface area contributed by atoms with E-state index >= 15 is 0 Å². The summed E-state index contributed by atoms with van der Waals surface area (Å²) in [6, 6.07) is 12.5. The minimum atomic E-state index is -0.303. The minimum absolute atomic E-state index is 0.303. The highest BCUT2D eigenvalue weighted by atomic mass is 19.1. The van der Waals surface area contributed by atoms with Gasteiger partial charge in [-0.25, -0.2) is 9.37 Å². The molecule has 0 aliphatic heterocycles. The maximum Gasteiger partial charge on any atom is 0.132 e. The lowest BCUT2D eigenvalue weighted by molar-refractivity contribution is 0.631. The summed E-state index contributed by atoms with van der Waals surface area (Å²) < 4.78 is 16.5. The topological polar surface area (TPSA) is 88.1 Å². The first-order valence-electron chi connectivity index (χ1n) is 10.2. The summed E-state index contributed by atoms with van der Waals surface area (Å²) in [7, 11) is 1.97. The number of aryl methyl sites for hydroxylation is 1. The van der Waals surface area contributed by atoms with Crippen LogP contribution in [-0.2, 0) is 7.05 Å². The molecule has 0 saturated carbocycles. The number of aromatic amines is 2. The molecule has 0 fully saturated rings. The third-order valence-electron chi connectivity index (χ3n) is 5.86. The van der Waals surface area contributed by atoms with Crippen LogP contribution in [0.2, 0.25) is 0 Å². The molecule has 0 unspecified atom stereocenters. The van der Waals surface area contributed by atoms with Gasteiger partial charge in [0.25, 0.3) is 0 Å². The Labute approximate surface area is 182 Å². The normalized spacial score (nSPS) is 11.6. The molecular weight excluding hydrogens is 405 g/mol. The number of hydrogen-bond acceptors (Lipinski definition) is 4. The van der Waals surface area contributed by atoms with Crippen LogP contribution in [0.4, 0.5) is 4.39 Å². The van der Waals surface area contributed by atoms with Gasteiger partial charge in [-0.1, -0.05) is 12.1 Å². The molecule has 7 nitrogen and oxygen atoms in total. The standard InChI is InChI=1S/C24H18FN7/c1-13-27-12-22(32(13)2)19-9-16-21(11-28-19)30-31-24(16)20-10-15-18(29-20)7-8-26-23(15)14-5-3-4-6-17(14)25/h3-12,29H,1-2H3,(H,30,31). The van der Waals surface area contributed by atoms with Crippen LogP contribution in [0.15, 0.2) is 61.1 Å². The van der Waals surface area contributed by atoms with Crippen LogP contribution in [0, 0.1) is 12.7 Å². The molecule has 2 N–H and O–H groups in total. The van der Waals surface area contributed by atoms with Gasteiger partial charge in [-0.05, 0) is 37.3 Å². The van der Waals surface area contributed by atoms with E-state index in [4.69, 9.17) is 0 Å². The zero-order valence-corrected chi connectivity index (χ0v) is 17.4. The summed E-state index contributed by atoms with van der Waals surface area (Å²) in [5.41, 5.74) is 6.07. The van der Waals surface area contributed by atoms with Crippen LogP contribution in [-0.4, -0.2) is 34.7 Å². The number of nitrogens with zero attached hydrogens (tertiary/aromatic N) is 5. The van der Waals surface area contributed by atoms with E-state index in [0.717, 1.165) is 50.4 Å².